The molecule has 0 saturated carbocycles. The molecule has 0 spiro atoms. The van der Waals surface area contributed by atoms with E-state index in [2.05, 4.69) is 70.1 Å². The van der Waals surface area contributed by atoms with Crippen molar-refractivity contribution in [2.45, 2.75) is 37.8 Å². The zero-order valence-corrected chi connectivity index (χ0v) is 13.8. The summed E-state index contributed by atoms with van der Waals surface area (Å²) in [4.78, 5) is 0. The van der Waals surface area contributed by atoms with Gasteiger partial charge in [0, 0.05) is 30.4 Å². The minimum absolute atomic E-state index is 0.316. The lowest BCUT2D eigenvalue weighted by Gasteiger charge is -2.33. The summed E-state index contributed by atoms with van der Waals surface area (Å²) in [6.45, 7) is 0.804. The highest BCUT2D eigenvalue weighted by Crippen LogP contribution is 2.40. The minimum atomic E-state index is 0.316. The van der Waals surface area contributed by atoms with E-state index in [0.717, 1.165) is 12.2 Å². The first-order valence-corrected chi connectivity index (χ1v) is 8.76. The molecule has 1 aliphatic rings. The van der Waals surface area contributed by atoms with Crippen LogP contribution in [0.3, 0.4) is 0 Å². The maximum atomic E-state index is 4.06. The third-order valence-corrected chi connectivity index (χ3v) is 5.05. The van der Waals surface area contributed by atoms with E-state index < -0.39 is 0 Å². The number of aromatic amines is 1. The highest BCUT2D eigenvalue weighted by molar-refractivity contribution is 5.36. The summed E-state index contributed by atoms with van der Waals surface area (Å²) >= 11 is 0. The number of aryl methyl sites for hydroxylation is 1. The van der Waals surface area contributed by atoms with Crippen molar-refractivity contribution in [3.05, 3.63) is 89.2 Å². The lowest BCUT2D eigenvalue weighted by Crippen LogP contribution is -2.29. The molecule has 0 radical (unpaired) electrons. The summed E-state index contributed by atoms with van der Waals surface area (Å²) in [6.07, 6.45) is 5.50. The van der Waals surface area contributed by atoms with Gasteiger partial charge in [0.1, 0.15) is 0 Å². The number of H-pyrrole nitrogens is 1. The summed E-state index contributed by atoms with van der Waals surface area (Å²) in [5.41, 5.74) is 5.51. The molecule has 0 unspecified atom stereocenters. The molecular weight excluding hydrogens is 294 g/mol. The van der Waals surface area contributed by atoms with Crippen LogP contribution in [0.5, 0.6) is 0 Å². The van der Waals surface area contributed by atoms with Gasteiger partial charge >= 0.3 is 0 Å². The van der Waals surface area contributed by atoms with Crippen molar-refractivity contribution in [1.29, 1.82) is 0 Å². The highest BCUT2D eigenvalue weighted by Gasteiger charge is 2.28. The van der Waals surface area contributed by atoms with Gasteiger partial charge in [-0.2, -0.15) is 5.10 Å². The second-order valence-electron chi connectivity index (χ2n) is 6.55. The lowest BCUT2D eigenvalue weighted by atomic mass is 9.76. The van der Waals surface area contributed by atoms with Gasteiger partial charge in [-0.25, -0.2) is 0 Å². The lowest BCUT2D eigenvalue weighted by molar-refractivity contribution is 0.398. The zero-order valence-electron chi connectivity index (χ0n) is 13.8. The molecule has 1 aliphatic carbocycles. The molecule has 0 aliphatic heterocycles. The van der Waals surface area contributed by atoms with Crippen LogP contribution in [0, 0.1) is 0 Å². The number of hydrogen-bond donors (Lipinski definition) is 2. The Labute approximate surface area is 143 Å². The van der Waals surface area contributed by atoms with Crippen molar-refractivity contribution < 1.29 is 0 Å². The fourth-order valence-electron chi connectivity index (χ4n) is 3.89. The summed E-state index contributed by atoms with van der Waals surface area (Å²) in [5.74, 6) is 0.514. The Balaban J connectivity index is 1.65. The van der Waals surface area contributed by atoms with Crippen molar-refractivity contribution in [3.8, 4) is 0 Å². The van der Waals surface area contributed by atoms with Gasteiger partial charge in [0.15, 0.2) is 0 Å². The minimum Gasteiger partial charge on any atom is -0.304 e. The standard InChI is InChI=1S/C21H23N3/c1-2-8-17(9-3-1)21(22-15-18-13-14-23-24-18)20-12-6-10-16-7-4-5-11-19(16)20/h1-5,7-9,11,13-14,20-22H,6,10,12,15H2,(H,23,24)/t20-,21-/m1/s1. The maximum Gasteiger partial charge on any atom is 0.0490 e. The van der Waals surface area contributed by atoms with Crippen LogP contribution >= 0.6 is 0 Å². The van der Waals surface area contributed by atoms with E-state index in [1.807, 2.05) is 12.3 Å². The average molecular weight is 317 g/mol. The number of nitrogens with one attached hydrogen (secondary N) is 2. The highest BCUT2D eigenvalue weighted by atomic mass is 15.1. The van der Waals surface area contributed by atoms with Crippen LogP contribution in [0.25, 0.3) is 0 Å². The molecule has 3 aromatic rings. The molecule has 1 aromatic heterocycles. The summed E-state index contributed by atoms with van der Waals surface area (Å²) in [7, 11) is 0. The van der Waals surface area contributed by atoms with Crippen LogP contribution < -0.4 is 5.32 Å². The second-order valence-corrected chi connectivity index (χ2v) is 6.55. The van der Waals surface area contributed by atoms with Gasteiger partial charge in [0.05, 0.1) is 0 Å². The first-order chi connectivity index (χ1) is 11.9. The molecule has 4 rings (SSSR count). The Bertz CT molecular complexity index is 765. The van der Waals surface area contributed by atoms with Crippen molar-refractivity contribution in [3.63, 3.8) is 0 Å². The van der Waals surface area contributed by atoms with Crippen LogP contribution in [0.15, 0.2) is 66.9 Å². The molecule has 0 amide bonds. The number of aromatic nitrogens is 2. The van der Waals surface area contributed by atoms with E-state index >= 15 is 0 Å². The van der Waals surface area contributed by atoms with Gasteiger partial charge < -0.3 is 5.32 Å². The summed E-state index contributed by atoms with van der Waals surface area (Å²) in [6, 6.07) is 22.1. The van der Waals surface area contributed by atoms with Crippen LogP contribution in [0.2, 0.25) is 0 Å². The molecule has 0 fully saturated rings. The predicted molar refractivity (Wildman–Crippen MR) is 96.7 cm³/mol. The van der Waals surface area contributed by atoms with Crippen LogP contribution in [-0.2, 0) is 13.0 Å². The Morgan fingerprint density at radius 3 is 2.71 bits per heavy atom. The zero-order chi connectivity index (χ0) is 16.2. The quantitative estimate of drug-likeness (QED) is 0.734. The van der Waals surface area contributed by atoms with Crippen LogP contribution in [-0.4, -0.2) is 10.2 Å². The average Bonchev–Trinajstić information content (AvgIpc) is 3.16. The topological polar surface area (TPSA) is 40.7 Å². The molecule has 24 heavy (non-hydrogen) atoms. The fraction of sp³-hybridized carbons (Fsp3) is 0.286. The number of rotatable bonds is 5. The van der Waals surface area contributed by atoms with Gasteiger partial charge in [0.2, 0.25) is 0 Å². The van der Waals surface area contributed by atoms with Gasteiger partial charge in [-0.3, -0.25) is 5.10 Å². The molecule has 3 nitrogen and oxygen atoms in total. The first kappa shape index (κ1) is 15.2. The summed E-state index contributed by atoms with van der Waals surface area (Å²) in [5, 5.41) is 10.9. The molecule has 0 bridgehead atoms. The number of fused-ring (bicyclic) bond motifs is 1. The van der Waals surface area contributed by atoms with E-state index in [9.17, 15) is 0 Å². The molecule has 1 heterocycles. The first-order valence-electron chi connectivity index (χ1n) is 8.76. The largest absolute Gasteiger partial charge is 0.304 e. The molecule has 2 atom stereocenters. The smallest absolute Gasteiger partial charge is 0.0490 e. The van der Waals surface area contributed by atoms with Crippen LogP contribution in [0.1, 0.15) is 47.2 Å². The van der Waals surface area contributed by atoms with Crippen molar-refractivity contribution >= 4 is 0 Å². The number of benzene rings is 2. The maximum absolute atomic E-state index is 4.06. The van der Waals surface area contributed by atoms with E-state index in [0.29, 0.717) is 12.0 Å². The SMILES string of the molecule is c1ccc([C@@H](NCc2ccn[nH]2)[C@@H]2CCCc3ccccc32)cc1. The Morgan fingerprint density at radius 2 is 1.88 bits per heavy atom. The van der Waals surface area contributed by atoms with Gasteiger partial charge in [0.25, 0.3) is 0 Å². The summed E-state index contributed by atoms with van der Waals surface area (Å²) < 4.78 is 0. The molecule has 2 aromatic carbocycles. The van der Waals surface area contributed by atoms with Crippen LogP contribution in [0.4, 0.5) is 0 Å². The van der Waals surface area contributed by atoms with E-state index in [4.69, 9.17) is 0 Å². The number of hydrogen-bond acceptors (Lipinski definition) is 2. The Morgan fingerprint density at radius 1 is 1.04 bits per heavy atom. The molecule has 0 saturated heterocycles. The molecular formula is C21H23N3. The monoisotopic (exact) mass is 317 g/mol. The van der Waals surface area contributed by atoms with E-state index in [-0.39, 0.29) is 0 Å². The molecule has 122 valence electrons. The second kappa shape index (κ2) is 7.02. The fourth-order valence-corrected chi connectivity index (χ4v) is 3.89. The van der Waals surface area contributed by atoms with Gasteiger partial charge in [-0.05, 0) is 42.0 Å². The Kier molecular flexibility index (Phi) is 4.43. The third-order valence-electron chi connectivity index (χ3n) is 5.05. The van der Waals surface area contributed by atoms with Gasteiger partial charge in [-0.15, -0.1) is 0 Å². The normalized spacial score (nSPS) is 18.1. The molecule has 2 N–H and O–H groups in total. The van der Waals surface area contributed by atoms with Crippen molar-refractivity contribution in [2.24, 2.45) is 0 Å². The Hall–Kier alpha value is -2.39. The molecule has 3 heteroatoms. The van der Waals surface area contributed by atoms with Crippen molar-refractivity contribution in [1.82, 2.24) is 15.5 Å². The third kappa shape index (κ3) is 3.13. The van der Waals surface area contributed by atoms with E-state index in [1.54, 1.807) is 0 Å². The van der Waals surface area contributed by atoms with E-state index in [1.165, 1.54) is 36.0 Å². The van der Waals surface area contributed by atoms with Gasteiger partial charge in [-0.1, -0.05) is 54.6 Å². The van der Waals surface area contributed by atoms with Crippen molar-refractivity contribution in [2.75, 3.05) is 0 Å². The number of nitrogens with zero attached hydrogens (tertiary/aromatic N) is 1. The predicted octanol–water partition coefficient (Wildman–Crippen LogP) is 4.36.